The van der Waals surface area contributed by atoms with Gasteiger partial charge in [-0.05, 0) is 31.3 Å². The van der Waals surface area contributed by atoms with Gasteiger partial charge in [0.2, 0.25) is 0 Å². The molecule has 0 saturated heterocycles. The number of hydrogen-bond donors (Lipinski definition) is 2. The maximum atomic E-state index is 3.40. The van der Waals surface area contributed by atoms with Crippen LogP contribution in [0, 0.1) is 5.92 Å². The first-order chi connectivity index (χ1) is 7.36. The summed E-state index contributed by atoms with van der Waals surface area (Å²) in [6.45, 7) is 3.24. The van der Waals surface area contributed by atoms with Crippen molar-refractivity contribution in [3.63, 3.8) is 0 Å². The Kier molecular flexibility index (Phi) is 5.67. The van der Waals surface area contributed by atoms with Crippen LogP contribution in [-0.4, -0.2) is 13.6 Å². The van der Waals surface area contributed by atoms with E-state index in [4.69, 9.17) is 0 Å². The van der Waals surface area contributed by atoms with E-state index in [0.717, 1.165) is 24.7 Å². The predicted octanol–water partition coefficient (Wildman–Crippen LogP) is 2.57. The van der Waals surface area contributed by atoms with Crippen molar-refractivity contribution in [3.8, 4) is 0 Å². The largest absolute Gasteiger partial charge is 0.375 e. The maximum Gasteiger partial charge on any atom is 0.0983 e. The smallest absolute Gasteiger partial charge is 0.0983 e. The second-order valence-corrected chi connectivity index (χ2v) is 3.88. The molecule has 0 amide bonds. The summed E-state index contributed by atoms with van der Waals surface area (Å²) in [6, 6.07) is 0. The van der Waals surface area contributed by atoms with Crippen molar-refractivity contribution in [2.45, 2.75) is 26.2 Å². The Labute approximate surface area is 93.1 Å². The molecule has 0 aromatic heterocycles. The fourth-order valence-corrected chi connectivity index (χ4v) is 1.24. The zero-order valence-electron chi connectivity index (χ0n) is 9.79. The monoisotopic (exact) mass is 206 g/mol. The average molecular weight is 206 g/mol. The molecule has 0 atom stereocenters. The topological polar surface area (TPSA) is 24.1 Å². The molecule has 15 heavy (non-hydrogen) atoms. The van der Waals surface area contributed by atoms with Crippen molar-refractivity contribution in [2.75, 3.05) is 13.6 Å². The summed E-state index contributed by atoms with van der Waals surface area (Å²) < 4.78 is 0. The van der Waals surface area contributed by atoms with Crippen LogP contribution in [0.4, 0.5) is 0 Å². The maximum absolute atomic E-state index is 3.40. The van der Waals surface area contributed by atoms with E-state index in [1.54, 1.807) is 0 Å². The normalized spacial score (nSPS) is 17.6. The van der Waals surface area contributed by atoms with E-state index in [2.05, 4.69) is 47.9 Å². The fraction of sp³-hybridized carbons (Fsp3) is 0.538. The van der Waals surface area contributed by atoms with Crippen LogP contribution < -0.4 is 10.6 Å². The standard InChI is InChI=1S/C13H22N2/c1-3-4-5-6-7-8-13(14-2)15-11-12-9-10-12/h4-8,12,14-15H,3,9-11H2,1-2H3/b5-4-,7-6+,13-8+. The molecule has 84 valence electrons. The van der Waals surface area contributed by atoms with Crippen LogP contribution in [0.3, 0.4) is 0 Å². The second-order valence-electron chi connectivity index (χ2n) is 3.88. The Morgan fingerprint density at radius 3 is 2.67 bits per heavy atom. The van der Waals surface area contributed by atoms with Gasteiger partial charge < -0.3 is 10.6 Å². The van der Waals surface area contributed by atoms with E-state index in [0.29, 0.717) is 0 Å². The van der Waals surface area contributed by atoms with Gasteiger partial charge in [-0.2, -0.15) is 0 Å². The van der Waals surface area contributed by atoms with Gasteiger partial charge in [0.25, 0.3) is 0 Å². The van der Waals surface area contributed by atoms with Crippen LogP contribution in [0.5, 0.6) is 0 Å². The Bertz CT molecular complexity index is 247. The first kappa shape index (κ1) is 11.9. The highest BCUT2D eigenvalue weighted by Crippen LogP contribution is 2.27. The summed E-state index contributed by atoms with van der Waals surface area (Å²) in [4.78, 5) is 0. The summed E-state index contributed by atoms with van der Waals surface area (Å²) in [5.74, 6) is 2.01. The van der Waals surface area contributed by atoms with Crippen molar-refractivity contribution in [1.82, 2.24) is 10.6 Å². The molecule has 1 rings (SSSR count). The molecule has 1 aliphatic carbocycles. The molecule has 0 aromatic rings. The molecule has 2 N–H and O–H groups in total. The van der Waals surface area contributed by atoms with Crippen molar-refractivity contribution >= 4 is 0 Å². The van der Waals surface area contributed by atoms with Crippen molar-refractivity contribution in [1.29, 1.82) is 0 Å². The molecular weight excluding hydrogens is 184 g/mol. The second kappa shape index (κ2) is 7.16. The van der Waals surface area contributed by atoms with Crippen LogP contribution in [0.2, 0.25) is 0 Å². The highest BCUT2D eigenvalue weighted by Gasteiger charge is 2.20. The van der Waals surface area contributed by atoms with Crippen molar-refractivity contribution in [3.05, 3.63) is 36.2 Å². The van der Waals surface area contributed by atoms with Gasteiger partial charge in [0, 0.05) is 13.6 Å². The number of allylic oxidation sites excluding steroid dienone is 5. The minimum absolute atomic E-state index is 0.908. The van der Waals surface area contributed by atoms with Crippen molar-refractivity contribution < 1.29 is 0 Å². The molecule has 0 radical (unpaired) electrons. The summed E-state index contributed by atoms with van der Waals surface area (Å²) in [6.07, 6.45) is 14.3. The Hall–Kier alpha value is -1.18. The highest BCUT2D eigenvalue weighted by atomic mass is 15.1. The molecule has 0 heterocycles. The van der Waals surface area contributed by atoms with Gasteiger partial charge in [0.05, 0.1) is 5.82 Å². The van der Waals surface area contributed by atoms with Crippen LogP contribution in [0.1, 0.15) is 26.2 Å². The Balaban J connectivity index is 2.24. The molecule has 1 aliphatic rings. The van der Waals surface area contributed by atoms with Gasteiger partial charge in [0.15, 0.2) is 0 Å². The van der Waals surface area contributed by atoms with E-state index in [1.807, 2.05) is 7.05 Å². The Morgan fingerprint density at radius 2 is 2.07 bits per heavy atom. The first-order valence-electron chi connectivity index (χ1n) is 5.82. The minimum Gasteiger partial charge on any atom is -0.375 e. The van der Waals surface area contributed by atoms with Gasteiger partial charge in [-0.1, -0.05) is 31.2 Å². The third-order valence-electron chi connectivity index (χ3n) is 2.40. The van der Waals surface area contributed by atoms with Crippen LogP contribution >= 0.6 is 0 Å². The summed E-state index contributed by atoms with van der Waals surface area (Å²) in [5.41, 5.74) is 0. The summed E-state index contributed by atoms with van der Waals surface area (Å²) in [7, 11) is 1.95. The molecule has 0 unspecified atom stereocenters. The SMILES string of the molecule is CC\C=C/C=C/C=C(\NC)NCC1CC1. The lowest BCUT2D eigenvalue weighted by molar-refractivity contribution is 0.677. The molecule has 1 fully saturated rings. The number of rotatable bonds is 7. The van der Waals surface area contributed by atoms with Gasteiger partial charge >= 0.3 is 0 Å². The fourth-order valence-electron chi connectivity index (χ4n) is 1.24. The van der Waals surface area contributed by atoms with Crippen LogP contribution in [0.15, 0.2) is 36.2 Å². The zero-order valence-corrected chi connectivity index (χ0v) is 9.79. The quantitative estimate of drug-likeness (QED) is 0.626. The number of nitrogens with one attached hydrogen (secondary N) is 2. The molecule has 0 aliphatic heterocycles. The number of hydrogen-bond acceptors (Lipinski definition) is 2. The first-order valence-corrected chi connectivity index (χ1v) is 5.82. The van der Waals surface area contributed by atoms with Gasteiger partial charge in [0.1, 0.15) is 0 Å². The third kappa shape index (κ3) is 6.00. The van der Waals surface area contributed by atoms with E-state index in [1.165, 1.54) is 12.8 Å². The summed E-state index contributed by atoms with van der Waals surface area (Å²) in [5, 5.41) is 6.55. The van der Waals surface area contributed by atoms with E-state index < -0.39 is 0 Å². The van der Waals surface area contributed by atoms with E-state index in [9.17, 15) is 0 Å². The van der Waals surface area contributed by atoms with E-state index in [-0.39, 0.29) is 0 Å². The molecule has 0 spiro atoms. The molecule has 2 heteroatoms. The van der Waals surface area contributed by atoms with Gasteiger partial charge in [-0.25, -0.2) is 0 Å². The average Bonchev–Trinajstić information content (AvgIpc) is 3.06. The molecule has 0 aromatic carbocycles. The lowest BCUT2D eigenvalue weighted by Gasteiger charge is -2.08. The van der Waals surface area contributed by atoms with Crippen LogP contribution in [-0.2, 0) is 0 Å². The third-order valence-corrected chi connectivity index (χ3v) is 2.40. The lowest BCUT2D eigenvalue weighted by atomic mass is 10.3. The van der Waals surface area contributed by atoms with Crippen molar-refractivity contribution in [2.24, 2.45) is 5.92 Å². The molecule has 2 nitrogen and oxygen atoms in total. The van der Waals surface area contributed by atoms with E-state index >= 15 is 0 Å². The Morgan fingerprint density at radius 1 is 1.27 bits per heavy atom. The molecular formula is C13H22N2. The zero-order chi connectivity index (χ0) is 10.9. The van der Waals surface area contributed by atoms with Gasteiger partial charge in [-0.15, -0.1) is 0 Å². The highest BCUT2D eigenvalue weighted by molar-refractivity contribution is 5.14. The summed E-state index contributed by atoms with van der Waals surface area (Å²) >= 11 is 0. The van der Waals surface area contributed by atoms with Crippen LogP contribution in [0.25, 0.3) is 0 Å². The van der Waals surface area contributed by atoms with Gasteiger partial charge in [-0.3, -0.25) is 0 Å². The lowest BCUT2D eigenvalue weighted by Crippen LogP contribution is -2.25. The minimum atomic E-state index is 0.908. The molecule has 1 saturated carbocycles. The molecule has 0 bridgehead atoms. The predicted molar refractivity (Wildman–Crippen MR) is 66.4 cm³/mol.